The standard InChI is InChI=1S/C9H8BrF3O2/c10-5-8(14)6-2-1-3-7(4-6)15-9(11,12)13/h1-4,8,14H,5H2. The van der Waals surface area contributed by atoms with Gasteiger partial charge in [0.2, 0.25) is 0 Å². The van der Waals surface area contributed by atoms with Crippen molar-refractivity contribution in [3.8, 4) is 5.75 Å². The molecule has 1 aromatic carbocycles. The number of rotatable bonds is 3. The van der Waals surface area contributed by atoms with Crippen LogP contribution in [0.5, 0.6) is 5.75 Å². The fourth-order valence-electron chi connectivity index (χ4n) is 1.01. The highest BCUT2D eigenvalue weighted by molar-refractivity contribution is 9.09. The highest BCUT2D eigenvalue weighted by Crippen LogP contribution is 2.25. The number of halogens is 4. The van der Waals surface area contributed by atoms with Gasteiger partial charge in [0.15, 0.2) is 0 Å². The van der Waals surface area contributed by atoms with Crippen LogP contribution in [-0.2, 0) is 0 Å². The molecule has 0 saturated carbocycles. The zero-order valence-corrected chi connectivity index (χ0v) is 9.05. The van der Waals surface area contributed by atoms with E-state index >= 15 is 0 Å². The predicted molar refractivity (Wildman–Crippen MR) is 51.9 cm³/mol. The maximum absolute atomic E-state index is 11.9. The van der Waals surface area contributed by atoms with E-state index in [-0.39, 0.29) is 11.1 Å². The van der Waals surface area contributed by atoms with E-state index in [1.807, 2.05) is 0 Å². The Balaban J connectivity index is 2.83. The molecular formula is C9H8BrF3O2. The zero-order valence-electron chi connectivity index (χ0n) is 7.46. The van der Waals surface area contributed by atoms with Gasteiger partial charge in [-0.2, -0.15) is 0 Å². The molecule has 1 atom stereocenters. The highest BCUT2D eigenvalue weighted by Gasteiger charge is 2.31. The Morgan fingerprint density at radius 1 is 1.40 bits per heavy atom. The van der Waals surface area contributed by atoms with E-state index in [1.54, 1.807) is 0 Å². The Kier molecular flexibility index (Phi) is 3.98. The van der Waals surface area contributed by atoms with Crippen LogP contribution in [0.3, 0.4) is 0 Å². The molecule has 1 aromatic rings. The number of ether oxygens (including phenoxy) is 1. The van der Waals surface area contributed by atoms with E-state index < -0.39 is 12.5 Å². The lowest BCUT2D eigenvalue weighted by molar-refractivity contribution is -0.274. The Hall–Kier alpha value is -0.750. The van der Waals surface area contributed by atoms with E-state index in [9.17, 15) is 18.3 Å². The third-order valence-corrected chi connectivity index (χ3v) is 2.24. The van der Waals surface area contributed by atoms with Crippen LogP contribution in [0.25, 0.3) is 0 Å². The molecule has 2 nitrogen and oxygen atoms in total. The summed E-state index contributed by atoms with van der Waals surface area (Å²) in [5.74, 6) is -0.333. The van der Waals surface area contributed by atoms with Crippen molar-refractivity contribution in [3.05, 3.63) is 29.8 Å². The zero-order chi connectivity index (χ0) is 11.5. The van der Waals surface area contributed by atoms with E-state index in [0.29, 0.717) is 5.56 Å². The molecule has 1 rings (SSSR count). The van der Waals surface area contributed by atoms with Crippen LogP contribution in [-0.4, -0.2) is 16.8 Å². The second-order valence-corrected chi connectivity index (χ2v) is 3.44. The quantitative estimate of drug-likeness (QED) is 0.865. The van der Waals surface area contributed by atoms with Crippen LogP contribution in [0.1, 0.15) is 11.7 Å². The molecule has 0 aliphatic rings. The molecule has 0 aromatic heterocycles. The van der Waals surface area contributed by atoms with Crippen molar-refractivity contribution in [3.63, 3.8) is 0 Å². The van der Waals surface area contributed by atoms with Crippen molar-refractivity contribution < 1.29 is 23.0 Å². The summed E-state index contributed by atoms with van der Waals surface area (Å²) in [5, 5.41) is 9.62. The SMILES string of the molecule is OC(CBr)c1cccc(OC(F)(F)F)c1. The molecule has 0 fully saturated rings. The normalized spacial score (nSPS) is 13.7. The Morgan fingerprint density at radius 2 is 2.07 bits per heavy atom. The molecule has 0 radical (unpaired) electrons. The van der Waals surface area contributed by atoms with Gasteiger partial charge < -0.3 is 9.84 Å². The minimum absolute atomic E-state index is 0.252. The van der Waals surface area contributed by atoms with Crippen molar-refractivity contribution in [2.75, 3.05) is 5.33 Å². The van der Waals surface area contributed by atoms with E-state index in [1.165, 1.54) is 18.2 Å². The molecule has 0 amide bonds. The average Bonchev–Trinajstić information content (AvgIpc) is 2.14. The lowest BCUT2D eigenvalue weighted by Gasteiger charge is -2.11. The molecule has 1 N–H and O–H groups in total. The number of alkyl halides is 4. The van der Waals surface area contributed by atoms with E-state index in [2.05, 4.69) is 20.7 Å². The molecule has 0 spiro atoms. The number of hydrogen-bond donors (Lipinski definition) is 1. The Morgan fingerprint density at radius 3 is 2.60 bits per heavy atom. The summed E-state index contributed by atoms with van der Waals surface area (Å²) >= 11 is 3.02. The fraction of sp³-hybridized carbons (Fsp3) is 0.333. The van der Waals surface area contributed by atoms with Crippen molar-refractivity contribution in [2.24, 2.45) is 0 Å². The van der Waals surface area contributed by atoms with Crippen LogP contribution >= 0.6 is 15.9 Å². The van der Waals surface area contributed by atoms with Gasteiger partial charge in [0.25, 0.3) is 0 Å². The van der Waals surface area contributed by atoms with E-state index in [0.717, 1.165) is 6.07 Å². The van der Waals surface area contributed by atoms with Crippen molar-refractivity contribution in [2.45, 2.75) is 12.5 Å². The van der Waals surface area contributed by atoms with Crippen molar-refractivity contribution >= 4 is 15.9 Å². The second kappa shape index (κ2) is 4.85. The summed E-state index contributed by atoms with van der Waals surface area (Å²) in [6, 6.07) is 5.24. The summed E-state index contributed by atoms with van der Waals surface area (Å²) in [6.07, 6.45) is -5.56. The van der Waals surface area contributed by atoms with Crippen molar-refractivity contribution in [1.29, 1.82) is 0 Å². The third-order valence-electron chi connectivity index (χ3n) is 1.62. The number of benzene rings is 1. The number of aliphatic hydroxyl groups is 1. The average molecular weight is 285 g/mol. The number of aliphatic hydroxyl groups excluding tert-OH is 1. The molecular weight excluding hydrogens is 277 g/mol. The molecule has 0 saturated heterocycles. The monoisotopic (exact) mass is 284 g/mol. The molecule has 1 unspecified atom stereocenters. The Labute approximate surface area is 92.8 Å². The van der Waals surface area contributed by atoms with Gasteiger partial charge in [-0.25, -0.2) is 0 Å². The van der Waals surface area contributed by atoms with Crippen LogP contribution in [0.2, 0.25) is 0 Å². The highest BCUT2D eigenvalue weighted by atomic mass is 79.9. The Bertz CT molecular complexity index is 327. The maximum Gasteiger partial charge on any atom is 0.573 e. The molecule has 0 heterocycles. The molecule has 84 valence electrons. The first-order valence-electron chi connectivity index (χ1n) is 4.02. The molecule has 0 aliphatic carbocycles. The summed E-state index contributed by atoms with van der Waals surface area (Å²) in [6.45, 7) is 0. The maximum atomic E-state index is 11.9. The first kappa shape index (κ1) is 12.3. The topological polar surface area (TPSA) is 29.5 Å². The smallest absolute Gasteiger partial charge is 0.406 e. The molecule has 0 bridgehead atoms. The van der Waals surface area contributed by atoms with Crippen LogP contribution < -0.4 is 4.74 Å². The minimum atomic E-state index is -4.71. The summed E-state index contributed by atoms with van der Waals surface area (Å²) in [7, 11) is 0. The van der Waals surface area contributed by atoms with Gasteiger partial charge in [-0.3, -0.25) is 0 Å². The predicted octanol–water partition coefficient (Wildman–Crippen LogP) is 3.01. The minimum Gasteiger partial charge on any atom is -0.406 e. The van der Waals surface area contributed by atoms with E-state index in [4.69, 9.17) is 0 Å². The van der Waals surface area contributed by atoms with Crippen LogP contribution in [0, 0.1) is 0 Å². The van der Waals surface area contributed by atoms with Crippen molar-refractivity contribution in [1.82, 2.24) is 0 Å². The number of hydrogen-bond acceptors (Lipinski definition) is 2. The third kappa shape index (κ3) is 4.09. The van der Waals surface area contributed by atoms with Gasteiger partial charge in [0.1, 0.15) is 5.75 Å². The summed E-state index contributed by atoms with van der Waals surface area (Å²) in [4.78, 5) is 0. The molecule has 15 heavy (non-hydrogen) atoms. The second-order valence-electron chi connectivity index (χ2n) is 2.79. The summed E-state index contributed by atoms with van der Waals surface area (Å²) < 4.78 is 39.3. The van der Waals surface area contributed by atoms with Crippen LogP contribution in [0.4, 0.5) is 13.2 Å². The lowest BCUT2D eigenvalue weighted by atomic mass is 10.1. The lowest BCUT2D eigenvalue weighted by Crippen LogP contribution is -2.17. The van der Waals surface area contributed by atoms with Gasteiger partial charge in [0, 0.05) is 5.33 Å². The van der Waals surface area contributed by atoms with Gasteiger partial charge in [-0.05, 0) is 17.7 Å². The van der Waals surface area contributed by atoms with Gasteiger partial charge in [-0.15, -0.1) is 13.2 Å². The largest absolute Gasteiger partial charge is 0.573 e. The molecule has 6 heteroatoms. The first-order valence-corrected chi connectivity index (χ1v) is 5.14. The van der Waals surface area contributed by atoms with Gasteiger partial charge in [0.05, 0.1) is 6.10 Å². The molecule has 0 aliphatic heterocycles. The van der Waals surface area contributed by atoms with Crippen LogP contribution in [0.15, 0.2) is 24.3 Å². The van der Waals surface area contributed by atoms with Gasteiger partial charge in [-0.1, -0.05) is 28.1 Å². The summed E-state index contributed by atoms with van der Waals surface area (Å²) in [5.41, 5.74) is 0.369. The van der Waals surface area contributed by atoms with Gasteiger partial charge >= 0.3 is 6.36 Å². The fourth-order valence-corrected chi connectivity index (χ4v) is 1.38. The first-order chi connectivity index (χ1) is 6.92.